The summed E-state index contributed by atoms with van der Waals surface area (Å²) in [5.41, 5.74) is 2.41. The highest BCUT2D eigenvalue weighted by atomic mass is 32.2. The Labute approximate surface area is 222 Å². The SMILES string of the molecule is CS(=O)(=O)N1Cc2ccccc2C2(CCN(C3CCC4CCCCC(C3)N4C(=O)OC3CCC3)CC2)C1. The molecule has 0 aromatic heterocycles. The lowest BCUT2D eigenvalue weighted by molar-refractivity contribution is 0.00716. The summed E-state index contributed by atoms with van der Waals surface area (Å²) in [4.78, 5) is 18.1. The van der Waals surface area contributed by atoms with Crippen LogP contribution >= 0.6 is 0 Å². The van der Waals surface area contributed by atoms with Gasteiger partial charge in [-0.1, -0.05) is 37.1 Å². The molecule has 37 heavy (non-hydrogen) atoms. The lowest BCUT2D eigenvalue weighted by Gasteiger charge is -2.49. The summed E-state index contributed by atoms with van der Waals surface area (Å²) in [6.45, 7) is 3.05. The van der Waals surface area contributed by atoms with Crippen molar-refractivity contribution in [1.82, 2.24) is 14.1 Å². The zero-order valence-electron chi connectivity index (χ0n) is 22.3. The standard InChI is InChI=1S/C29H43N3O4S/c1-37(34,35)31-20-22-7-2-5-12-27(22)29(21-31)15-17-30(18-16-29)24-14-13-23-8-3-4-9-25(19-24)32(23)28(33)36-26-10-6-11-26/h2,5,7,12,23-26H,3-4,6,8-11,13-21H2,1H3. The number of likely N-dealkylation sites (tertiary alicyclic amines) is 1. The van der Waals surface area contributed by atoms with Crippen LogP contribution in [0.25, 0.3) is 0 Å². The molecule has 8 heteroatoms. The summed E-state index contributed by atoms with van der Waals surface area (Å²) in [6, 6.07) is 9.54. The van der Waals surface area contributed by atoms with Crippen molar-refractivity contribution in [3.63, 3.8) is 0 Å². The Morgan fingerprint density at radius 1 is 0.919 bits per heavy atom. The van der Waals surface area contributed by atoms with Crippen molar-refractivity contribution in [1.29, 1.82) is 0 Å². The van der Waals surface area contributed by atoms with E-state index in [9.17, 15) is 13.2 Å². The number of nitrogens with zero attached hydrogens (tertiary/aromatic N) is 3. The third-order valence-corrected chi connectivity index (χ3v) is 11.4. The van der Waals surface area contributed by atoms with Gasteiger partial charge in [-0.25, -0.2) is 13.2 Å². The molecule has 1 aromatic rings. The number of ether oxygens (including phenoxy) is 1. The van der Waals surface area contributed by atoms with Crippen LogP contribution in [0.1, 0.15) is 88.2 Å². The van der Waals surface area contributed by atoms with Gasteiger partial charge in [0.15, 0.2) is 0 Å². The highest BCUT2D eigenvalue weighted by Crippen LogP contribution is 2.44. The molecule has 6 rings (SSSR count). The van der Waals surface area contributed by atoms with Crippen molar-refractivity contribution in [2.45, 2.75) is 113 Å². The van der Waals surface area contributed by atoms with Crippen LogP contribution in [0.4, 0.5) is 4.79 Å². The van der Waals surface area contributed by atoms with Gasteiger partial charge in [-0.15, -0.1) is 0 Å². The van der Waals surface area contributed by atoms with Crippen LogP contribution in [0.5, 0.6) is 0 Å². The second kappa shape index (κ2) is 10.2. The maximum Gasteiger partial charge on any atom is 0.410 e. The van der Waals surface area contributed by atoms with Gasteiger partial charge in [0.25, 0.3) is 0 Å². The summed E-state index contributed by atoms with van der Waals surface area (Å²) in [5.74, 6) is 0. The second-order valence-electron chi connectivity index (χ2n) is 12.4. The largest absolute Gasteiger partial charge is 0.446 e. The van der Waals surface area contributed by atoms with E-state index in [1.54, 1.807) is 4.31 Å². The van der Waals surface area contributed by atoms with Crippen LogP contribution in [0.3, 0.4) is 0 Å². The smallest absolute Gasteiger partial charge is 0.410 e. The van der Waals surface area contributed by atoms with Crippen LogP contribution in [0.15, 0.2) is 24.3 Å². The number of amides is 1. The molecule has 1 amide bonds. The normalized spacial score (nSPS) is 31.2. The van der Waals surface area contributed by atoms with Gasteiger partial charge in [0.05, 0.1) is 6.26 Å². The van der Waals surface area contributed by atoms with E-state index in [-0.39, 0.29) is 23.7 Å². The molecule has 3 saturated heterocycles. The van der Waals surface area contributed by atoms with Gasteiger partial charge >= 0.3 is 6.09 Å². The molecule has 3 atom stereocenters. The fourth-order valence-electron chi connectivity index (χ4n) is 7.81. The number of rotatable bonds is 3. The zero-order chi connectivity index (χ0) is 25.6. The quantitative estimate of drug-likeness (QED) is 0.570. The lowest BCUT2D eigenvalue weighted by Crippen LogP contribution is -2.55. The molecule has 1 aromatic carbocycles. The van der Waals surface area contributed by atoms with Crippen LogP contribution in [-0.4, -0.2) is 78.7 Å². The van der Waals surface area contributed by atoms with Gasteiger partial charge < -0.3 is 14.5 Å². The molecule has 1 saturated carbocycles. The van der Waals surface area contributed by atoms with E-state index in [0.717, 1.165) is 76.4 Å². The topological polar surface area (TPSA) is 70.2 Å². The molecular weight excluding hydrogens is 486 g/mol. The maximum absolute atomic E-state index is 13.3. The predicted molar refractivity (Wildman–Crippen MR) is 144 cm³/mol. The number of hydrogen-bond acceptors (Lipinski definition) is 5. The Morgan fingerprint density at radius 2 is 1.62 bits per heavy atom. The highest BCUT2D eigenvalue weighted by molar-refractivity contribution is 7.88. The predicted octanol–water partition coefficient (Wildman–Crippen LogP) is 4.65. The molecule has 1 aliphatic carbocycles. The summed E-state index contributed by atoms with van der Waals surface area (Å²) >= 11 is 0. The molecule has 7 nitrogen and oxygen atoms in total. The first-order chi connectivity index (χ1) is 17.8. The number of benzene rings is 1. The molecule has 5 aliphatic rings. The molecule has 4 fully saturated rings. The summed E-state index contributed by atoms with van der Waals surface area (Å²) in [5, 5.41) is 0. The molecule has 0 radical (unpaired) electrons. The summed E-state index contributed by atoms with van der Waals surface area (Å²) < 4.78 is 32.7. The van der Waals surface area contributed by atoms with Crippen molar-refractivity contribution in [3.05, 3.63) is 35.4 Å². The first-order valence-corrected chi connectivity index (χ1v) is 16.4. The van der Waals surface area contributed by atoms with Gasteiger partial charge in [-0.3, -0.25) is 0 Å². The van der Waals surface area contributed by atoms with Crippen molar-refractivity contribution < 1.29 is 17.9 Å². The Bertz CT molecular complexity index is 1100. The van der Waals surface area contributed by atoms with Crippen molar-refractivity contribution in [2.24, 2.45) is 0 Å². The van der Waals surface area contributed by atoms with E-state index >= 15 is 0 Å². The number of carbonyl (C=O) groups is 1. The summed E-state index contributed by atoms with van der Waals surface area (Å²) in [7, 11) is -3.25. The molecule has 3 unspecified atom stereocenters. The van der Waals surface area contributed by atoms with Crippen LogP contribution < -0.4 is 0 Å². The molecule has 204 valence electrons. The minimum Gasteiger partial charge on any atom is -0.446 e. The van der Waals surface area contributed by atoms with E-state index in [2.05, 4.69) is 28.0 Å². The summed E-state index contributed by atoms with van der Waals surface area (Å²) in [6.07, 6.45) is 14.4. The first kappa shape index (κ1) is 25.6. The van der Waals surface area contributed by atoms with Gasteiger partial charge in [0, 0.05) is 36.6 Å². The average Bonchev–Trinajstić information content (AvgIpc) is 3.17. The van der Waals surface area contributed by atoms with E-state index in [4.69, 9.17) is 4.74 Å². The lowest BCUT2D eigenvalue weighted by atomic mass is 9.69. The number of carbonyl (C=O) groups excluding carboxylic acids is 1. The molecule has 1 spiro atoms. The van der Waals surface area contributed by atoms with Crippen molar-refractivity contribution in [3.8, 4) is 0 Å². The fraction of sp³-hybridized carbons (Fsp3) is 0.759. The van der Waals surface area contributed by atoms with E-state index < -0.39 is 10.0 Å². The molecule has 2 bridgehead atoms. The van der Waals surface area contributed by atoms with Crippen LogP contribution in [0.2, 0.25) is 0 Å². The molecule has 4 aliphatic heterocycles. The van der Waals surface area contributed by atoms with E-state index in [1.807, 2.05) is 6.07 Å². The maximum atomic E-state index is 13.3. The Hall–Kier alpha value is -1.64. The molecule has 0 N–H and O–H groups in total. The van der Waals surface area contributed by atoms with Crippen LogP contribution in [0, 0.1) is 0 Å². The van der Waals surface area contributed by atoms with Gasteiger partial charge in [0.1, 0.15) is 6.10 Å². The minimum atomic E-state index is -3.25. The number of sulfonamides is 1. The Balaban J connectivity index is 1.17. The Morgan fingerprint density at radius 3 is 2.32 bits per heavy atom. The van der Waals surface area contributed by atoms with Gasteiger partial charge in [-0.2, -0.15) is 4.31 Å². The fourth-order valence-corrected chi connectivity index (χ4v) is 8.67. The highest BCUT2D eigenvalue weighted by Gasteiger charge is 2.46. The third kappa shape index (κ3) is 5.06. The molecular formula is C29H43N3O4S. The second-order valence-corrected chi connectivity index (χ2v) is 14.4. The zero-order valence-corrected chi connectivity index (χ0v) is 23.1. The van der Waals surface area contributed by atoms with Gasteiger partial charge in [-0.05, 0) is 88.4 Å². The number of piperidine rings is 1. The number of hydrogen-bond donors (Lipinski definition) is 0. The average molecular weight is 530 g/mol. The van der Waals surface area contributed by atoms with Crippen LogP contribution in [-0.2, 0) is 26.7 Å². The van der Waals surface area contributed by atoms with E-state index in [1.165, 1.54) is 31.1 Å². The first-order valence-electron chi connectivity index (χ1n) is 14.6. The number of fused-ring (bicyclic) bond motifs is 4. The third-order valence-electron chi connectivity index (χ3n) is 10.2. The van der Waals surface area contributed by atoms with E-state index in [0.29, 0.717) is 25.2 Å². The monoisotopic (exact) mass is 529 g/mol. The molecule has 4 heterocycles. The van der Waals surface area contributed by atoms with Crippen molar-refractivity contribution >= 4 is 16.1 Å². The minimum absolute atomic E-state index is 0.0560. The van der Waals surface area contributed by atoms with Gasteiger partial charge in [0.2, 0.25) is 10.0 Å². The van der Waals surface area contributed by atoms with Crippen molar-refractivity contribution in [2.75, 3.05) is 25.9 Å². The Kier molecular flexibility index (Phi) is 7.03.